The van der Waals surface area contributed by atoms with E-state index >= 15 is 0 Å². The van der Waals surface area contributed by atoms with E-state index in [1.54, 1.807) is 0 Å². The van der Waals surface area contributed by atoms with E-state index in [4.69, 9.17) is 22.4 Å². The second-order valence-corrected chi connectivity index (χ2v) is 3.42. The molecule has 2 bridgehead atoms. The molecule has 2 heterocycles. The van der Waals surface area contributed by atoms with Crippen LogP contribution in [0, 0.1) is 0 Å². The third-order valence-corrected chi connectivity index (χ3v) is 2.62. The lowest BCUT2D eigenvalue weighted by Gasteiger charge is -2.37. The predicted molar refractivity (Wildman–Crippen MR) is 41.0 cm³/mol. The lowest BCUT2D eigenvalue weighted by atomic mass is 9.76. The Kier molecular flexibility index (Phi) is 1.91. The van der Waals surface area contributed by atoms with Crippen LogP contribution >= 0.6 is 0 Å². The van der Waals surface area contributed by atoms with Gasteiger partial charge in [0, 0.05) is 6.61 Å². The van der Waals surface area contributed by atoms with Gasteiger partial charge in [0.15, 0.2) is 0 Å². The van der Waals surface area contributed by atoms with Crippen LogP contribution in [0.4, 0.5) is 0 Å². The predicted octanol–water partition coefficient (Wildman–Crippen LogP) is -1.54. The van der Waals surface area contributed by atoms with E-state index in [-0.39, 0.29) is 25.1 Å². The van der Waals surface area contributed by atoms with E-state index < -0.39 is 11.7 Å². The summed E-state index contributed by atoms with van der Waals surface area (Å²) in [6, 6.07) is 0. The number of hydrogen-bond acceptors (Lipinski definition) is 4. The molecule has 2 radical (unpaired) electrons. The number of aliphatic hydroxyl groups excluding tert-OH is 2. The second-order valence-electron chi connectivity index (χ2n) is 3.42. The molecule has 4 nitrogen and oxygen atoms in total. The summed E-state index contributed by atoms with van der Waals surface area (Å²) in [5.74, 6) is -0.290. The summed E-state index contributed by atoms with van der Waals surface area (Å²) >= 11 is 0. The molecular formula is C7H11BO4. The smallest absolute Gasteiger partial charge is 0.142 e. The Morgan fingerprint density at radius 2 is 2.33 bits per heavy atom. The van der Waals surface area contributed by atoms with E-state index in [1.807, 2.05) is 0 Å². The molecule has 1 unspecified atom stereocenters. The molecule has 2 saturated heterocycles. The Bertz CT molecular complexity index is 188. The van der Waals surface area contributed by atoms with Crippen LogP contribution in [-0.2, 0) is 9.47 Å². The standard InChI is InChI=1S/C7H11BO4/c8-4-1-12-7(2-9)3-11-5(4)6(7)10/h4-6,9-10H,1-3H2/t4-,5?,6+,7+/m1/s1. The molecule has 12 heavy (non-hydrogen) atoms. The van der Waals surface area contributed by atoms with Crippen LogP contribution in [0.5, 0.6) is 0 Å². The quantitative estimate of drug-likeness (QED) is 0.468. The van der Waals surface area contributed by atoms with Crippen molar-refractivity contribution in [2.45, 2.75) is 23.6 Å². The molecule has 0 aromatic heterocycles. The van der Waals surface area contributed by atoms with Crippen molar-refractivity contribution in [2.24, 2.45) is 0 Å². The van der Waals surface area contributed by atoms with Crippen molar-refractivity contribution in [1.29, 1.82) is 0 Å². The monoisotopic (exact) mass is 170 g/mol. The molecule has 0 aromatic rings. The largest absolute Gasteiger partial charge is 0.393 e. The average Bonchev–Trinajstić information content (AvgIpc) is 2.28. The van der Waals surface area contributed by atoms with Crippen LogP contribution in [0.25, 0.3) is 0 Å². The van der Waals surface area contributed by atoms with Crippen molar-refractivity contribution in [3.05, 3.63) is 0 Å². The molecule has 2 aliphatic rings. The second kappa shape index (κ2) is 2.70. The van der Waals surface area contributed by atoms with Crippen molar-refractivity contribution in [3.8, 4) is 0 Å². The first-order chi connectivity index (χ1) is 5.69. The first-order valence-electron chi connectivity index (χ1n) is 4.00. The van der Waals surface area contributed by atoms with Crippen LogP contribution < -0.4 is 0 Å². The zero-order valence-electron chi connectivity index (χ0n) is 6.64. The fourth-order valence-corrected chi connectivity index (χ4v) is 1.74. The zero-order valence-corrected chi connectivity index (χ0v) is 6.64. The number of rotatable bonds is 1. The molecule has 66 valence electrons. The summed E-state index contributed by atoms with van der Waals surface area (Å²) in [5, 5.41) is 18.7. The third-order valence-electron chi connectivity index (χ3n) is 2.62. The van der Waals surface area contributed by atoms with Gasteiger partial charge in [-0.2, -0.15) is 0 Å². The molecule has 2 N–H and O–H groups in total. The first kappa shape index (κ1) is 8.50. The van der Waals surface area contributed by atoms with Crippen LogP contribution in [0.2, 0.25) is 5.82 Å². The molecule has 5 heteroatoms. The number of fused-ring (bicyclic) bond motifs is 2. The van der Waals surface area contributed by atoms with Crippen molar-refractivity contribution >= 4 is 7.85 Å². The van der Waals surface area contributed by atoms with Gasteiger partial charge < -0.3 is 19.7 Å². The van der Waals surface area contributed by atoms with Gasteiger partial charge in [-0.05, 0) is 5.82 Å². The van der Waals surface area contributed by atoms with Gasteiger partial charge in [0.05, 0.1) is 27.2 Å². The molecule has 0 spiro atoms. The van der Waals surface area contributed by atoms with E-state index in [0.717, 1.165) is 0 Å². The maximum atomic E-state index is 9.64. The number of ether oxygens (including phenoxy) is 2. The Morgan fingerprint density at radius 1 is 1.58 bits per heavy atom. The van der Waals surface area contributed by atoms with Gasteiger partial charge in [0.1, 0.15) is 11.7 Å². The molecule has 0 aromatic carbocycles. The summed E-state index contributed by atoms with van der Waals surface area (Å²) in [5.41, 5.74) is -0.916. The van der Waals surface area contributed by atoms with E-state index in [9.17, 15) is 5.11 Å². The summed E-state index contributed by atoms with van der Waals surface area (Å²) < 4.78 is 10.5. The Hall–Kier alpha value is -0.0951. The van der Waals surface area contributed by atoms with Gasteiger partial charge in [-0.15, -0.1) is 0 Å². The average molecular weight is 170 g/mol. The van der Waals surface area contributed by atoms with Crippen molar-refractivity contribution in [3.63, 3.8) is 0 Å². The highest BCUT2D eigenvalue weighted by Gasteiger charge is 2.54. The highest BCUT2D eigenvalue weighted by Crippen LogP contribution is 2.38. The maximum absolute atomic E-state index is 9.64. The van der Waals surface area contributed by atoms with Gasteiger partial charge in [0.25, 0.3) is 0 Å². The summed E-state index contributed by atoms with van der Waals surface area (Å²) in [4.78, 5) is 0. The molecule has 2 aliphatic heterocycles. The maximum Gasteiger partial charge on any atom is 0.142 e. The van der Waals surface area contributed by atoms with Crippen LogP contribution in [-0.4, -0.2) is 55.7 Å². The van der Waals surface area contributed by atoms with Crippen molar-refractivity contribution in [1.82, 2.24) is 0 Å². The fraction of sp³-hybridized carbons (Fsp3) is 1.00. The summed E-state index contributed by atoms with van der Waals surface area (Å²) in [7, 11) is 5.63. The lowest BCUT2D eigenvalue weighted by molar-refractivity contribution is -0.149. The van der Waals surface area contributed by atoms with Crippen molar-refractivity contribution in [2.75, 3.05) is 19.8 Å². The third kappa shape index (κ3) is 0.940. The van der Waals surface area contributed by atoms with Gasteiger partial charge in [-0.25, -0.2) is 0 Å². The first-order valence-corrected chi connectivity index (χ1v) is 4.00. The van der Waals surface area contributed by atoms with Gasteiger partial charge in [0.2, 0.25) is 0 Å². The van der Waals surface area contributed by atoms with Gasteiger partial charge in [-0.1, -0.05) is 0 Å². The molecule has 4 atom stereocenters. The fourth-order valence-electron chi connectivity index (χ4n) is 1.74. The Labute approximate surface area is 71.9 Å². The summed E-state index contributed by atoms with van der Waals surface area (Å²) in [6.45, 7) is 0.336. The lowest BCUT2D eigenvalue weighted by Crippen LogP contribution is -2.54. The van der Waals surface area contributed by atoms with Gasteiger partial charge in [-0.3, -0.25) is 0 Å². The molecular weight excluding hydrogens is 159 g/mol. The molecule has 0 amide bonds. The highest BCUT2D eigenvalue weighted by atomic mass is 16.6. The normalized spacial score (nSPS) is 52.7. The zero-order chi connectivity index (χ0) is 8.77. The minimum atomic E-state index is -0.916. The summed E-state index contributed by atoms with van der Waals surface area (Å²) in [6.07, 6.45) is -1.18. The SMILES string of the molecule is [B][C@@H]1CO[C@@]2(CO)COC1[C@@H]2O. The van der Waals surface area contributed by atoms with Crippen LogP contribution in [0.3, 0.4) is 0 Å². The topological polar surface area (TPSA) is 58.9 Å². The minimum Gasteiger partial charge on any atom is -0.393 e. The van der Waals surface area contributed by atoms with E-state index in [2.05, 4.69) is 0 Å². The van der Waals surface area contributed by atoms with Crippen LogP contribution in [0.15, 0.2) is 0 Å². The molecule has 2 rings (SSSR count). The van der Waals surface area contributed by atoms with Gasteiger partial charge >= 0.3 is 0 Å². The highest BCUT2D eigenvalue weighted by molar-refractivity contribution is 6.12. The molecule has 2 fully saturated rings. The van der Waals surface area contributed by atoms with E-state index in [1.165, 1.54) is 0 Å². The van der Waals surface area contributed by atoms with Crippen LogP contribution in [0.1, 0.15) is 0 Å². The minimum absolute atomic E-state index is 0.225. The molecule has 0 aliphatic carbocycles. The van der Waals surface area contributed by atoms with E-state index in [0.29, 0.717) is 6.61 Å². The number of hydrogen-bond donors (Lipinski definition) is 2. The Balaban J connectivity index is 2.21. The number of aliphatic hydroxyl groups is 2. The van der Waals surface area contributed by atoms with Crippen molar-refractivity contribution < 1.29 is 19.7 Å². The Morgan fingerprint density at radius 3 is 3.00 bits per heavy atom. The molecule has 0 saturated carbocycles.